The number of benzene rings is 3. The fraction of sp³-hybridized carbons (Fsp3) is 0.167. The molecule has 0 saturated carbocycles. The number of nitriles is 1. The van der Waals surface area contributed by atoms with Crippen molar-refractivity contribution in [2.45, 2.75) is 25.8 Å². The van der Waals surface area contributed by atoms with E-state index in [1.807, 2.05) is 78.9 Å². The van der Waals surface area contributed by atoms with E-state index in [4.69, 9.17) is 4.74 Å². The summed E-state index contributed by atoms with van der Waals surface area (Å²) >= 11 is 0. The van der Waals surface area contributed by atoms with Crippen LogP contribution < -0.4 is 5.56 Å². The van der Waals surface area contributed by atoms with Gasteiger partial charge in [-0.1, -0.05) is 85.4 Å². The predicted octanol–water partition coefficient (Wildman–Crippen LogP) is 4.92. The summed E-state index contributed by atoms with van der Waals surface area (Å²) < 4.78 is 8.32. The quantitative estimate of drug-likeness (QED) is 0.266. The van der Waals surface area contributed by atoms with Crippen molar-refractivity contribution in [1.82, 2.24) is 9.36 Å². The van der Waals surface area contributed by atoms with E-state index in [2.05, 4.69) is 12.6 Å². The van der Waals surface area contributed by atoms with Crippen LogP contribution in [0.25, 0.3) is 5.69 Å². The van der Waals surface area contributed by atoms with Gasteiger partial charge in [-0.2, -0.15) is 5.26 Å². The highest BCUT2D eigenvalue weighted by Crippen LogP contribution is 2.44. The Kier molecular flexibility index (Phi) is 7.03. The van der Waals surface area contributed by atoms with Gasteiger partial charge in [0.2, 0.25) is 0 Å². The molecule has 0 saturated heterocycles. The van der Waals surface area contributed by atoms with Crippen molar-refractivity contribution in [2.75, 3.05) is 6.61 Å². The van der Waals surface area contributed by atoms with E-state index in [0.29, 0.717) is 16.9 Å². The highest BCUT2D eigenvalue weighted by atomic mass is 16.5. The number of nitrogens with zero attached hydrogens (tertiary/aromatic N) is 3. The number of ether oxygens (including phenoxy) is 1. The molecular formula is C30H27N3O3. The molecule has 0 unspecified atom stereocenters. The fourth-order valence-corrected chi connectivity index (χ4v) is 4.84. The third kappa shape index (κ3) is 4.05. The lowest BCUT2D eigenvalue weighted by atomic mass is 9.65. The highest BCUT2D eigenvalue weighted by Gasteiger charge is 2.45. The second kappa shape index (κ2) is 10.3. The van der Waals surface area contributed by atoms with Gasteiger partial charge in [-0.25, -0.2) is 4.68 Å². The van der Waals surface area contributed by atoms with Crippen molar-refractivity contribution >= 4 is 5.97 Å². The maximum absolute atomic E-state index is 14.4. The van der Waals surface area contributed by atoms with Crippen molar-refractivity contribution in [3.05, 3.63) is 136 Å². The molecule has 1 aromatic heterocycles. The summed E-state index contributed by atoms with van der Waals surface area (Å²) in [6, 6.07) is 30.2. The summed E-state index contributed by atoms with van der Waals surface area (Å²) in [6.07, 6.45) is 0. The Balaban J connectivity index is 2.17. The maximum atomic E-state index is 14.4. The first-order chi connectivity index (χ1) is 17.5. The number of rotatable bonds is 8. The number of hydrogen-bond donors (Lipinski definition) is 0. The van der Waals surface area contributed by atoms with Gasteiger partial charge in [0.05, 0.1) is 29.3 Å². The summed E-state index contributed by atoms with van der Waals surface area (Å²) in [7, 11) is 0. The molecule has 180 valence electrons. The minimum atomic E-state index is -1.27. The third-order valence-electron chi connectivity index (χ3n) is 6.36. The van der Waals surface area contributed by atoms with Crippen LogP contribution >= 0.6 is 0 Å². The van der Waals surface area contributed by atoms with Crippen LogP contribution in [0.5, 0.6) is 0 Å². The molecule has 1 heterocycles. The molecular weight excluding hydrogens is 450 g/mol. The topological polar surface area (TPSA) is 77.0 Å². The zero-order valence-corrected chi connectivity index (χ0v) is 20.3. The van der Waals surface area contributed by atoms with Crippen LogP contribution in [-0.2, 0) is 21.5 Å². The van der Waals surface area contributed by atoms with E-state index in [1.165, 1.54) is 4.68 Å². The Bertz CT molecular complexity index is 1440. The molecule has 0 N–H and O–H groups in total. The molecule has 6 heteroatoms. The smallest absolute Gasteiger partial charge is 0.327 e. The van der Waals surface area contributed by atoms with Crippen molar-refractivity contribution in [1.29, 1.82) is 5.26 Å². The zero-order chi connectivity index (χ0) is 25.7. The average molecular weight is 478 g/mol. The molecule has 3 aromatic carbocycles. The largest absolute Gasteiger partial charge is 0.465 e. The first-order valence-corrected chi connectivity index (χ1v) is 11.7. The highest BCUT2D eigenvalue weighted by molar-refractivity contribution is 5.70. The van der Waals surface area contributed by atoms with Gasteiger partial charge in [0, 0.05) is 11.3 Å². The summed E-state index contributed by atoms with van der Waals surface area (Å²) in [5.41, 5.74) is 1.56. The molecule has 0 amide bonds. The molecule has 0 fully saturated rings. The van der Waals surface area contributed by atoms with Crippen LogP contribution in [0.4, 0.5) is 0 Å². The molecule has 0 atom stereocenters. The van der Waals surface area contributed by atoms with Crippen molar-refractivity contribution in [2.24, 2.45) is 0 Å². The fourth-order valence-electron chi connectivity index (χ4n) is 4.84. The lowest BCUT2D eigenvalue weighted by molar-refractivity contribution is -0.144. The second-order valence-corrected chi connectivity index (χ2v) is 8.35. The SMILES string of the molecule is C=C(C#N)C(c1ccccc1)(c1ccccc1)c1c(C)n(CC(=O)OCC)n(-c2ccccc2)c1=O. The van der Waals surface area contributed by atoms with Crippen LogP contribution in [-0.4, -0.2) is 21.9 Å². The summed E-state index contributed by atoms with van der Waals surface area (Å²) in [5, 5.41) is 10.2. The zero-order valence-electron chi connectivity index (χ0n) is 20.3. The molecule has 36 heavy (non-hydrogen) atoms. The van der Waals surface area contributed by atoms with Crippen molar-refractivity contribution in [3.63, 3.8) is 0 Å². The Morgan fingerprint density at radius 2 is 1.44 bits per heavy atom. The number of aromatic nitrogens is 2. The Morgan fingerprint density at radius 3 is 1.92 bits per heavy atom. The molecule has 6 nitrogen and oxygen atoms in total. The number of para-hydroxylation sites is 1. The van der Waals surface area contributed by atoms with Gasteiger partial charge in [-0.3, -0.25) is 14.3 Å². The van der Waals surface area contributed by atoms with Gasteiger partial charge < -0.3 is 4.74 Å². The van der Waals surface area contributed by atoms with Gasteiger partial charge in [0.15, 0.2) is 0 Å². The summed E-state index contributed by atoms with van der Waals surface area (Å²) in [5.74, 6) is -0.462. The maximum Gasteiger partial charge on any atom is 0.327 e. The summed E-state index contributed by atoms with van der Waals surface area (Å²) in [4.78, 5) is 27.0. The van der Waals surface area contributed by atoms with E-state index in [9.17, 15) is 14.9 Å². The van der Waals surface area contributed by atoms with Crippen LogP contribution in [0.15, 0.2) is 108 Å². The van der Waals surface area contributed by atoms with E-state index in [1.54, 1.807) is 30.7 Å². The van der Waals surface area contributed by atoms with E-state index < -0.39 is 11.4 Å². The lowest BCUT2D eigenvalue weighted by Gasteiger charge is -2.34. The van der Waals surface area contributed by atoms with E-state index in [0.717, 1.165) is 11.1 Å². The minimum Gasteiger partial charge on any atom is -0.465 e. The van der Waals surface area contributed by atoms with Gasteiger partial charge in [0.25, 0.3) is 5.56 Å². The molecule has 4 aromatic rings. The minimum absolute atomic E-state index is 0.164. The number of allylic oxidation sites excluding steroid dienone is 1. The van der Waals surface area contributed by atoms with Gasteiger partial charge >= 0.3 is 5.97 Å². The van der Waals surface area contributed by atoms with Gasteiger partial charge in [0.1, 0.15) is 6.54 Å². The second-order valence-electron chi connectivity index (χ2n) is 8.35. The molecule has 4 rings (SSSR count). The molecule has 0 aliphatic carbocycles. The Labute approximate surface area is 210 Å². The normalized spacial score (nSPS) is 11.0. The Morgan fingerprint density at radius 1 is 0.944 bits per heavy atom. The molecule has 0 aliphatic rings. The van der Waals surface area contributed by atoms with Crippen molar-refractivity contribution < 1.29 is 9.53 Å². The van der Waals surface area contributed by atoms with E-state index >= 15 is 0 Å². The standard InChI is InChI=1S/C30H27N3O3/c1-4-36-27(34)21-32-23(3)28(29(35)33(32)26-18-12-7-13-19-26)30(22(2)20-31,24-14-8-5-9-15-24)25-16-10-6-11-17-25/h5-19H,2,4,21H2,1,3H3. The first-order valence-electron chi connectivity index (χ1n) is 11.7. The number of esters is 1. The monoisotopic (exact) mass is 477 g/mol. The predicted molar refractivity (Wildman–Crippen MR) is 139 cm³/mol. The van der Waals surface area contributed by atoms with E-state index in [-0.39, 0.29) is 24.3 Å². The van der Waals surface area contributed by atoms with Crippen LogP contribution in [0.3, 0.4) is 0 Å². The third-order valence-corrected chi connectivity index (χ3v) is 6.36. The summed E-state index contributed by atoms with van der Waals surface area (Å²) in [6.45, 7) is 7.74. The van der Waals surface area contributed by atoms with Gasteiger partial charge in [-0.15, -0.1) is 0 Å². The van der Waals surface area contributed by atoms with Crippen LogP contribution in [0.2, 0.25) is 0 Å². The Hall–Kier alpha value is -4.63. The number of hydrogen-bond acceptors (Lipinski definition) is 4. The van der Waals surface area contributed by atoms with Gasteiger partial charge in [-0.05, 0) is 37.1 Å². The average Bonchev–Trinajstić information content (AvgIpc) is 3.15. The first kappa shape index (κ1) is 24.5. The van der Waals surface area contributed by atoms with Crippen molar-refractivity contribution in [3.8, 4) is 11.8 Å². The number of carbonyl (C=O) groups excluding carboxylic acids is 1. The molecule has 0 spiro atoms. The van der Waals surface area contributed by atoms with Crippen LogP contribution in [0, 0.1) is 18.3 Å². The molecule has 0 bridgehead atoms. The lowest BCUT2D eigenvalue weighted by Crippen LogP contribution is -2.37. The van der Waals surface area contributed by atoms with Crippen LogP contribution in [0.1, 0.15) is 29.3 Å². The molecule has 0 radical (unpaired) electrons. The number of carbonyl (C=O) groups is 1. The molecule has 0 aliphatic heterocycles.